The number of carbonyl (C=O) groups excluding carboxylic acids is 1. The Morgan fingerprint density at radius 2 is 2.00 bits per heavy atom. The molecule has 168 valence electrons. The molecule has 0 fully saturated rings. The van der Waals surface area contributed by atoms with Crippen LogP contribution >= 0.6 is 11.3 Å². The predicted octanol–water partition coefficient (Wildman–Crippen LogP) is 4.84. The highest BCUT2D eigenvalue weighted by molar-refractivity contribution is 7.13. The standard InChI is InChI=1S/C24H27N3O4S/c1-4-17-6-9-21(10-7-17)31-15-19-12-18(8-11-22(19)29-3)14-25-27-24-26-20(16-32-24)13-23(28)30-5-2/h6-12,14,16H,4-5,13,15H2,1-3H3,(H,26,27). The number of nitrogens with zero attached hydrogens (tertiary/aromatic N) is 2. The van der Waals surface area contributed by atoms with Crippen molar-refractivity contribution in [1.29, 1.82) is 0 Å². The molecule has 0 spiro atoms. The molecule has 0 saturated heterocycles. The lowest BCUT2D eigenvalue weighted by Crippen LogP contribution is -2.07. The zero-order valence-electron chi connectivity index (χ0n) is 18.5. The number of nitrogens with one attached hydrogen (secondary N) is 1. The highest BCUT2D eigenvalue weighted by Gasteiger charge is 2.08. The molecule has 0 bridgehead atoms. The molecule has 3 aromatic rings. The number of thiazole rings is 1. The number of esters is 1. The molecule has 2 aromatic carbocycles. The lowest BCUT2D eigenvalue weighted by atomic mass is 10.1. The third-order valence-corrected chi connectivity index (χ3v) is 5.38. The second-order valence-corrected chi connectivity index (χ2v) is 7.71. The molecule has 0 amide bonds. The van der Waals surface area contributed by atoms with E-state index in [1.54, 1.807) is 20.2 Å². The molecule has 1 N–H and O–H groups in total. The Kier molecular flexibility index (Phi) is 8.62. The smallest absolute Gasteiger partial charge is 0.311 e. The van der Waals surface area contributed by atoms with E-state index in [-0.39, 0.29) is 12.4 Å². The number of aromatic nitrogens is 1. The summed E-state index contributed by atoms with van der Waals surface area (Å²) in [6.45, 7) is 4.65. The Bertz CT molecular complexity index is 1050. The fraction of sp³-hybridized carbons (Fsp3) is 0.292. The number of ether oxygens (including phenoxy) is 3. The summed E-state index contributed by atoms with van der Waals surface area (Å²) in [6, 6.07) is 13.9. The quantitative estimate of drug-likeness (QED) is 0.254. The van der Waals surface area contributed by atoms with Gasteiger partial charge in [0.05, 0.1) is 32.0 Å². The van der Waals surface area contributed by atoms with E-state index in [0.29, 0.717) is 24.0 Å². The zero-order chi connectivity index (χ0) is 22.8. The second-order valence-electron chi connectivity index (χ2n) is 6.85. The van der Waals surface area contributed by atoms with Gasteiger partial charge in [-0.25, -0.2) is 4.98 Å². The first-order valence-electron chi connectivity index (χ1n) is 10.4. The van der Waals surface area contributed by atoms with Gasteiger partial charge < -0.3 is 14.2 Å². The fourth-order valence-electron chi connectivity index (χ4n) is 2.94. The SMILES string of the molecule is CCOC(=O)Cc1csc(NN=Cc2ccc(OC)c(COc3ccc(CC)cc3)c2)n1. The van der Waals surface area contributed by atoms with Crippen molar-refractivity contribution >= 4 is 28.7 Å². The predicted molar refractivity (Wildman–Crippen MR) is 127 cm³/mol. The molecular formula is C24H27N3O4S. The van der Waals surface area contributed by atoms with Crippen LogP contribution in [0.2, 0.25) is 0 Å². The van der Waals surface area contributed by atoms with Crippen LogP contribution in [-0.4, -0.2) is 30.9 Å². The van der Waals surface area contributed by atoms with Crippen LogP contribution in [0.4, 0.5) is 5.13 Å². The number of methoxy groups -OCH3 is 1. The summed E-state index contributed by atoms with van der Waals surface area (Å²) in [7, 11) is 1.64. The van der Waals surface area contributed by atoms with Crippen LogP contribution < -0.4 is 14.9 Å². The van der Waals surface area contributed by atoms with Crippen molar-refractivity contribution in [2.75, 3.05) is 19.1 Å². The van der Waals surface area contributed by atoms with Crippen LogP contribution in [0.1, 0.15) is 36.2 Å². The van der Waals surface area contributed by atoms with E-state index in [0.717, 1.165) is 29.0 Å². The van der Waals surface area contributed by atoms with E-state index in [1.165, 1.54) is 16.9 Å². The number of rotatable bonds is 11. The number of benzene rings is 2. The van der Waals surface area contributed by atoms with Crippen molar-refractivity contribution in [3.8, 4) is 11.5 Å². The Hall–Kier alpha value is -3.39. The van der Waals surface area contributed by atoms with E-state index in [4.69, 9.17) is 14.2 Å². The van der Waals surface area contributed by atoms with Gasteiger partial charge in [0.2, 0.25) is 5.13 Å². The Morgan fingerprint density at radius 3 is 2.72 bits per heavy atom. The summed E-state index contributed by atoms with van der Waals surface area (Å²) >= 11 is 1.38. The summed E-state index contributed by atoms with van der Waals surface area (Å²) in [4.78, 5) is 15.9. The van der Waals surface area contributed by atoms with Crippen molar-refractivity contribution < 1.29 is 19.0 Å². The van der Waals surface area contributed by atoms with Gasteiger partial charge in [0.1, 0.15) is 18.1 Å². The maximum absolute atomic E-state index is 11.5. The number of anilines is 1. The molecule has 0 unspecified atom stereocenters. The highest BCUT2D eigenvalue weighted by Crippen LogP contribution is 2.22. The first-order chi connectivity index (χ1) is 15.6. The molecule has 0 saturated carbocycles. The number of hydrogen-bond donors (Lipinski definition) is 1. The average molecular weight is 454 g/mol. The van der Waals surface area contributed by atoms with Crippen molar-refractivity contribution in [2.45, 2.75) is 33.3 Å². The summed E-state index contributed by atoms with van der Waals surface area (Å²) in [5.41, 5.74) is 6.63. The molecule has 0 aliphatic heterocycles. The Balaban J connectivity index is 1.60. The summed E-state index contributed by atoms with van der Waals surface area (Å²) in [5, 5.41) is 6.66. The van der Waals surface area contributed by atoms with Gasteiger partial charge in [-0.15, -0.1) is 11.3 Å². The number of carbonyl (C=O) groups is 1. The van der Waals surface area contributed by atoms with Gasteiger partial charge in [0.15, 0.2) is 0 Å². The van der Waals surface area contributed by atoms with E-state index in [9.17, 15) is 4.79 Å². The van der Waals surface area contributed by atoms with E-state index < -0.39 is 0 Å². The molecule has 7 nitrogen and oxygen atoms in total. The Labute approximate surface area is 192 Å². The van der Waals surface area contributed by atoms with Crippen LogP contribution in [0.5, 0.6) is 11.5 Å². The highest BCUT2D eigenvalue weighted by atomic mass is 32.1. The maximum atomic E-state index is 11.5. The maximum Gasteiger partial charge on any atom is 0.311 e. The van der Waals surface area contributed by atoms with E-state index >= 15 is 0 Å². The molecule has 0 aliphatic rings. The van der Waals surface area contributed by atoms with Crippen LogP contribution in [0, 0.1) is 0 Å². The van der Waals surface area contributed by atoms with Crippen molar-refractivity contribution in [1.82, 2.24) is 4.98 Å². The molecule has 0 atom stereocenters. The molecule has 1 aromatic heterocycles. The number of hydrazone groups is 1. The van der Waals surface area contributed by atoms with Crippen LogP contribution in [0.25, 0.3) is 0 Å². The van der Waals surface area contributed by atoms with Gasteiger partial charge >= 0.3 is 5.97 Å². The fourth-order valence-corrected chi connectivity index (χ4v) is 3.59. The van der Waals surface area contributed by atoms with Gasteiger partial charge in [-0.05, 0) is 54.8 Å². The van der Waals surface area contributed by atoms with Crippen LogP contribution in [0.15, 0.2) is 52.9 Å². The van der Waals surface area contributed by atoms with E-state index in [2.05, 4.69) is 34.6 Å². The molecular weight excluding hydrogens is 426 g/mol. The van der Waals surface area contributed by atoms with Crippen molar-refractivity contribution in [3.63, 3.8) is 0 Å². The second kappa shape index (κ2) is 11.9. The number of hydrogen-bond acceptors (Lipinski definition) is 8. The van der Waals surface area contributed by atoms with Gasteiger partial charge in [-0.2, -0.15) is 5.10 Å². The first-order valence-corrected chi connectivity index (χ1v) is 11.3. The number of aryl methyl sites for hydroxylation is 1. The topological polar surface area (TPSA) is 82.0 Å². The normalized spacial score (nSPS) is 10.8. The van der Waals surface area contributed by atoms with Crippen molar-refractivity contribution in [3.05, 3.63) is 70.2 Å². The van der Waals surface area contributed by atoms with E-state index in [1.807, 2.05) is 35.7 Å². The molecule has 0 aliphatic carbocycles. The first kappa shape index (κ1) is 23.3. The minimum Gasteiger partial charge on any atom is -0.496 e. The van der Waals surface area contributed by atoms with Gasteiger partial charge in [-0.1, -0.05) is 19.1 Å². The summed E-state index contributed by atoms with van der Waals surface area (Å²) in [6.07, 6.45) is 2.85. The lowest BCUT2D eigenvalue weighted by molar-refractivity contribution is -0.142. The molecule has 3 rings (SSSR count). The summed E-state index contributed by atoms with van der Waals surface area (Å²) < 4.78 is 16.3. The third-order valence-electron chi connectivity index (χ3n) is 4.59. The molecule has 1 heterocycles. The minimum atomic E-state index is -0.290. The van der Waals surface area contributed by atoms with Crippen LogP contribution in [-0.2, 0) is 29.0 Å². The monoisotopic (exact) mass is 453 g/mol. The molecule has 0 radical (unpaired) electrons. The average Bonchev–Trinajstić information content (AvgIpc) is 3.25. The summed E-state index contributed by atoms with van der Waals surface area (Å²) in [5.74, 6) is 1.28. The zero-order valence-corrected chi connectivity index (χ0v) is 19.3. The van der Waals surface area contributed by atoms with Crippen LogP contribution in [0.3, 0.4) is 0 Å². The van der Waals surface area contributed by atoms with Gasteiger partial charge in [0.25, 0.3) is 0 Å². The van der Waals surface area contributed by atoms with Gasteiger partial charge in [-0.3, -0.25) is 10.2 Å². The molecule has 8 heteroatoms. The Morgan fingerprint density at radius 1 is 1.19 bits per heavy atom. The largest absolute Gasteiger partial charge is 0.496 e. The van der Waals surface area contributed by atoms with Gasteiger partial charge in [0, 0.05) is 10.9 Å². The third kappa shape index (κ3) is 6.81. The molecule has 32 heavy (non-hydrogen) atoms. The van der Waals surface area contributed by atoms with Crippen molar-refractivity contribution in [2.24, 2.45) is 5.10 Å². The lowest BCUT2D eigenvalue weighted by Gasteiger charge is -2.11. The minimum absolute atomic E-state index is 0.152.